The first-order valence-electron chi connectivity index (χ1n) is 7.21. The van der Waals surface area contributed by atoms with Gasteiger partial charge in [0.1, 0.15) is 4.70 Å². The maximum atomic E-state index is 12.3. The van der Waals surface area contributed by atoms with Crippen molar-refractivity contribution in [2.24, 2.45) is 0 Å². The average molecular weight is 350 g/mol. The molecular formula is C17H20ClN3OS. The van der Waals surface area contributed by atoms with Crippen LogP contribution in [0.5, 0.6) is 0 Å². The molecule has 6 heteroatoms. The monoisotopic (exact) mass is 349 g/mol. The molecule has 2 aromatic heterocycles. The molecule has 0 unspecified atom stereocenters. The molecule has 2 N–H and O–H groups in total. The lowest BCUT2D eigenvalue weighted by Crippen LogP contribution is -2.28. The van der Waals surface area contributed by atoms with Gasteiger partial charge in [-0.1, -0.05) is 24.3 Å². The topological polar surface area (TPSA) is 57.8 Å². The third kappa shape index (κ3) is 3.74. The van der Waals surface area contributed by atoms with Crippen LogP contribution in [0, 0.1) is 6.92 Å². The Morgan fingerprint density at radius 1 is 1.22 bits per heavy atom. The van der Waals surface area contributed by atoms with Gasteiger partial charge in [-0.05, 0) is 44.9 Å². The summed E-state index contributed by atoms with van der Waals surface area (Å²) in [6.45, 7) is 8.17. The van der Waals surface area contributed by atoms with Crippen LogP contribution in [0.1, 0.15) is 26.3 Å². The van der Waals surface area contributed by atoms with Crippen LogP contribution in [0.2, 0.25) is 0 Å². The largest absolute Gasteiger partial charge is 0.351 e. The maximum absolute atomic E-state index is 12.3. The molecule has 122 valence electrons. The Kier molecular flexibility index (Phi) is 4.82. The number of anilines is 1. The molecule has 0 radical (unpaired) electrons. The van der Waals surface area contributed by atoms with Gasteiger partial charge in [0, 0.05) is 10.4 Å². The van der Waals surface area contributed by atoms with Gasteiger partial charge in [-0.15, -0.1) is 23.7 Å². The molecule has 0 aliphatic carbocycles. The first-order valence-corrected chi connectivity index (χ1v) is 8.03. The van der Waals surface area contributed by atoms with Crippen molar-refractivity contribution in [2.75, 3.05) is 5.32 Å². The summed E-state index contributed by atoms with van der Waals surface area (Å²) < 4.78 is 0.665. The van der Waals surface area contributed by atoms with E-state index in [9.17, 15) is 4.79 Å². The van der Waals surface area contributed by atoms with Gasteiger partial charge < -0.3 is 5.32 Å². The highest BCUT2D eigenvalue weighted by molar-refractivity contribution is 7.22. The normalized spacial score (nSPS) is 11.3. The standard InChI is InChI=1S/C17H19N3OS.ClH/c1-10-7-5-6-8-11(10)13-9-12-14(22-13)15(21)19-16(18-12)20-17(2,3)4;/h5-9H,1-4H3,(H2,18,19,20,21);1H. The van der Waals surface area contributed by atoms with E-state index in [0.29, 0.717) is 10.6 Å². The summed E-state index contributed by atoms with van der Waals surface area (Å²) in [4.78, 5) is 20.7. The van der Waals surface area contributed by atoms with Crippen molar-refractivity contribution in [3.05, 3.63) is 46.2 Å². The molecule has 0 atom stereocenters. The molecule has 0 aliphatic heterocycles. The Bertz CT molecular complexity index is 893. The number of H-pyrrole nitrogens is 1. The number of nitrogens with one attached hydrogen (secondary N) is 2. The Morgan fingerprint density at radius 3 is 2.57 bits per heavy atom. The van der Waals surface area contributed by atoms with Crippen LogP contribution in [0.4, 0.5) is 5.95 Å². The number of thiophene rings is 1. The fraction of sp³-hybridized carbons (Fsp3) is 0.294. The second-order valence-corrected chi connectivity index (χ2v) is 7.48. The van der Waals surface area contributed by atoms with Gasteiger partial charge in [-0.3, -0.25) is 9.78 Å². The molecule has 0 fully saturated rings. The molecule has 4 nitrogen and oxygen atoms in total. The predicted molar refractivity (Wildman–Crippen MR) is 101 cm³/mol. The molecular weight excluding hydrogens is 330 g/mol. The minimum atomic E-state index is -0.154. The van der Waals surface area contributed by atoms with Gasteiger partial charge in [0.05, 0.1) is 5.52 Å². The van der Waals surface area contributed by atoms with Crippen LogP contribution in [-0.4, -0.2) is 15.5 Å². The van der Waals surface area contributed by atoms with Crippen LogP contribution >= 0.6 is 23.7 Å². The SMILES string of the molecule is Cc1ccccc1-c1cc2nc(NC(C)(C)C)[nH]c(=O)c2s1.Cl. The van der Waals surface area contributed by atoms with E-state index >= 15 is 0 Å². The number of aryl methyl sites for hydroxylation is 1. The Labute approximate surface area is 145 Å². The molecule has 2 heterocycles. The zero-order valence-corrected chi connectivity index (χ0v) is 15.2. The summed E-state index contributed by atoms with van der Waals surface area (Å²) >= 11 is 1.48. The van der Waals surface area contributed by atoms with E-state index in [-0.39, 0.29) is 23.5 Å². The number of aromatic amines is 1. The van der Waals surface area contributed by atoms with Gasteiger partial charge in [0.25, 0.3) is 5.56 Å². The Morgan fingerprint density at radius 2 is 1.91 bits per heavy atom. The average Bonchev–Trinajstić information content (AvgIpc) is 2.81. The van der Waals surface area contributed by atoms with Crippen molar-refractivity contribution < 1.29 is 0 Å². The molecule has 0 bridgehead atoms. The van der Waals surface area contributed by atoms with Crippen LogP contribution in [0.3, 0.4) is 0 Å². The van der Waals surface area contributed by atoms with Crippen LogP contribution < -0.4 is 10.9 Å². The van der Waals surface area contributed by atoms with E-state index in [1.165, 1.54) is 16.9 Å². The van der Waals surface area contributed by atoms with Crippen molar-refractivity contribution in [1.82, 2.24) is 9.97 Å². The first kappa shape index (κ1) is 17.5. The molecule has 3 rings (SSSR count). The van der Waals surface area contributed by atoms with E-state index in [4.69, 9.17) is 0 Å². The number of hydrogen-bond donors (Lipinski definition) is 2. The first-order chi connectivity index (χ1) is 10.3. The molecule has 0 amide bonds. The summed E-state index contributed by atoms with van der Waals surface area (Å²) in [5, 5.41) is 3.21. The minimum Gasteiger partial charge on any atom is -0.351 e. The summed E-state index contributed by atoms with van der Waals surface area (Å²) in [6, 6.07) is 10.2. The van der Waals surface area contributed by atoms with Gasteiger partial charge in [-0.25, -0.2) is 4.98 Å². The lowest BCUT2D eigenvalue weighted by Gasteiger charge is -2.20. The van der Waals surface area contributed by atoms with E-state index in [0.717, 1.165) is 16.0 Å². The summed E-state index contributed by atoms with van der Waals surface area (Å²) in [5.74, 6) is 0.513. The highest BCUT2D eigenvalue weighted by atomic mass is 35.5. The maximum Gasteiger partial charge on any atom is 0.270 e. The molecule has 23 heavy (non-hydrogen) atoms. The van der Waals surface area contributed by atoms with Crippen molar-refractivity contribution in [1.29, 1.82) is 0 Å². The second kappa shape index (κ2) is 6.34. The lowest BCUT2D eigenvalue weighted by atomic mass is 10.1. The molecule has 3 aromatic rings. The zero-order valence-electron chi connectivity index (χ0n) is 13.6. The predicted octanol–water partition coefficient (Wildman–Crippen LogP) is 4.59. The van der Waals surface area contributed by atoms with Crippen molar-refractivity contribution >= 4 is 39.9 Å². The number of benzene rings is 1. The van der Waals surface area contributed by atoms with E-state index in [1.54, 1.807) is 0 Å². The van der Waals surface area contributed by atoms with Crippen molar-refractivity contribution in [2.45, 2.75) is 33.2 Å². The van der Waals surface area contributed by atoms with Gasteiger partial charge >= 0.3 is 0 Å². The highest BCUT2D eigenvalue weighted by Gasteiger charge is 2.15. The molecule has 0 spiro atoms. The quantitative estimate of drug-likeness (QED) is 0.711. The number of halogens is 1. The second-order valence-electron chi connectivity index (χ2n) is 6.43. The summed E-state index contributed by atoms with van der Waals surface area (Å²) in [5.41, 5.74) is 2.83. The number of rotatable bonds is 2. The minimum absolute atomic E-state index is 0. The van der Waals surface area contributed by atoms with Crippen LogP contribution in [0.25, 0.3) is 20.7 Å². The molecule has 0 saturated carbocycles. The van der Waals surface area contributed by atoms with Gasteiger partial charge in [-0.2, -0.15) is 0 Å². The smallest absolute Gasteiger partial charge is 0.270 e. The van der Waals surface area contributed by atoms with Gasteiger partial charge in [0.15, 0.2) is 0 Å². The fourth-order valence-corrected chi connectivity index (χ4v) is 3.42. The molecule has 1 aromatic carbocycles. The molecule has 0 saturated heterocycles. The number of fused-ring (bicyclic) bond motifs is 1. The van der Waals surface area contributed by atoms with E-state index in [1.807, 2.05) is 39.0 Å². The fourth-order valence-electron chi connectivity index (χ4n) is 2.34. The zero-order chi connectivity index (χ0) is 15.9. The highest BCUT2D eigenvalue weighted by Crippen LogP contribution is 2.33. The third-order valence-corrected chi connectivity index (χ3v) is 4.44. The van der Waals surface area contributed by atoms with Crippen LogP contribution in [-0.2, 0) is 0 Å². The molecule has 0 aliphatic rings. The van der Waals surface area contributed by atoms with Crippen molar-refractivity contribution in [3.8, 4) is 10.4 Å². The van der Waals surface area contributed by atoms with E-state index in [2.05, 4.69) is 34.3 Å². The Hall–Kier alpha value is -1.85. The number of nitrogens with zero attached hydrogens (tertiary/aromatic N) is 1. The lowest BCUT2D eigenvalue weighted by molar-refractivity contribution is 0.626. The Balaban J connectivity index is 0.00000192. The number of hydrogen-bond acceptors (Lipinski definition) is 4. The van der Waals surface area contributed by atoms with Crippen LogP contribution in [0.15, 0.2) is 35.1 Å². The summed E-state index contributed by atoms with van der Waals surface area (Å²) in [7, 11) is 0. The summed E-state index contributed by atoms with van der Waals surface area (Å²) in [6.07, 6.45) is 0. The van der Waals surface area contributed by atoms with Gasteiger partial charge in [0.2, 0.25) is 5.95 Å². The third-order valence-electron chi connectivity index (χ3n) is 3.29. The van der Waals surface area contributed by atoms with Crippen molar-refractivity contribution in [3.63, 3.8) is 0 Å². The van der Waals surface area contributed by atoms with E-state index < -0.39 is 0 Å². The number of aromatic nitrogens is 2.